The number of rotatable bonds is 11. The van der Waals surface area contributed by atoms with Gasteiger partial charge in [-0.15, -0.1) is 0 Å². The minimum absolute atomic E-state index is 0.0299. The summed E-state index contributed by atoms with van der Waals surface area (Å²) in [5, 5.41) is 0. The first-order chi connectivity index (χ1) is 19.9. The van der Waals surface area contributed by atoms with Crippen molar-refractivity contribution in [2.24, 2.45) is 0 Å². The molecular weight excluding hydrogens is 573 g/mol. The summed E-state index contributed by atoms with van der Waals surface area (Å²) in [4.78, 5) is 53.3. The van der Waals surface area contributed by atoms with Crippen molar-refractivity contribution in [2.45, 2.75) is 58.0 Å². The summed E-state index contributed by atoms with van der Waals surface area (Å²) in [7, 11) is -3.74. The summed E-state index contributed by atoms with van der Waals surface area (Å²) < 4.78 is 49.8. The minimum Gasteiger partial charge on any atom is -0.493 e. The number of nitrogens with zero attached hydrogens (tertiary/aromatic N) is 2. The maximum Gasteiger partial charge on any atom is 0.338 e. The Morgan fingerprint density at radius 2 is 1.62 bits per heavy atom. The quantitative estimate of drug-likeness (QED) is 0.227. The second-order valence-electron chi connectivity index (χ2n) is 10.2. The van der Waals surface area contributed by atoms with Crippen LogP contribution in [-0.4, -0.2) is 76.3 Å². The molecule has 5 rings (SSSR count). The van der Waals surface area contributed by atoms with Gasteiger partial charge in [-0.3, -0.25) is 28.5 Å². The highest BCUT2D eigenvalue weighted by molar-refractivity contribution is 7.54. The van der Waals surface area contributed by atoms with Gasteiger partial charge in [0.25, 0.3) is 17.4 Å². The van der Waals surface area contributed by atoms with Crippen LogP contribution >= 0.6 is 7.60 Å². The van der Waals surface area contributed by atoms with Crippen molar-refractivity contribution >= 4 is 19.4 Å². The first-order valence-corrected chi connectivity index (χ1v) is 15.2. The Balaban J connectivity index is 1.43. The van der Waals surface area contributed by atoms with Crippen molar-refractivity contribution in [3.05, 3.63) is 80.5 Å². The Hall–Kier alpha value is -3.39. The van der Waals surface area contributed by atoms with E-state index in [0.717, 1.165) is 4.90 Å². The highest BCUT2D eigenvalue weighted by Crippen LogP contribution is 2.50. The number of carbonyl (C=O) groups is 2. The third-order valence-corrected chi connectivity index (χ3v) is 8.79. The molecule has 0 radical (unpaired) electrons. The molecule has 226 valence electrons. The molecule has 1 aromatic heterocycles. The lowest BCUT2D eigenvalue weighted by atomic mass is 10.1. The second kappa shape index (κ2) is 11.7. The fourth-order valence-electron chi connectivity index (χ4n) is 5.14. The number of amides is 2. The summed E-state index contributed by atoms with van der Waals surface area (Å²) in [6.45, 7) is 6.71. The number of ether oxygens (including phenoxy) is 4. The van der Waals surface area contributed by atoms with Gasteiger partial charge in [-0.2, -0.15) is 0 Å². The SMILES string of the molecule is CCOP(=O)(C/C(=C/N1C(=O)c2ccccc2C1=O)OCC1OC(n2ccc(=O)[nH]c2=O)C2OC(C)(C)OC12)OCC. The Labute approximate surface area is 240 Å². The van der Waals surface area contributed by atoms with E-state index in [2.05, 4.69) is 4.98 Å². The number of hydrogen-bond donors (Lipinski definition) is 1. The van der Waals surface area contributed by atoms with E-state index in [9.17, 15) is 23.7 Å². The first kappa shape index (κ1) is 30.1. The number of aromatic nitrogens is 2. The van der Waals surface area contributed by atoms with Crippen molar-refractivity contribution in [1.82, 2.24) is 14.5 Å². The van der Waals surface area contributed by atoms with E-state index in [4.69, 9.17) is 28.0 Å². The minimum atomic E-state index is -3.74. The van der Waals surface area contributed by atoms with Gasteiger partial charge < -0.3 is 28.0 Å². The van der Waals surface area contributed by atoms with Crippen LogP contribution in [0.5, 0.6) is 0 Å². The van der Waals surface area contributed by atoms with Crippen LogP contribution in [0.2, 0.25) is 0 Å². The van der Waals surface area contributed by atoms with Crippen LogP contribution in [0, 0.1) is 0 Å². The third kappa shape index (κ3) is 5.91. The smallest absolute Gasteiger partial charge is 0.338 e. The largest absolute Gasteiger partial charge is 0.493 e. The molecule has 42 heavy (non-hydrogen) atoms. The molecule has 1 aromatic carbocycles. The maximum atomic E-state index is 13.4. The van der Waals surface area contributed by atoms with Crippen LogP contribution in [-0.2, 0) is 32.6 Å². The molecule has 4 unspecified atom stereocenters. The van der Waals surface area contributed by atoms with Crippen molar-refractivity contribution in [1.29, 1.82) is 0 Å². The highest BCUT2D eigenvalue weighted by Gasteiger charge is 2.56. The third-order valence-electron chi connectivity index (χ3n) is 6.78. The summed E-state index contributed by atoms with van der Waals surface area (Å²) in [6, 6.07) is 7.57. The van der Waals surface area contributed by atoms with Crippen LogP contribution in [0.3, 0.4) is 0 Å². The van der Waals surface area contributed by atoms with Crippen LogP contribution in [0.15, 0.2) is 58.1 Å². The number of hydrogen-bond acceptors (Lipinski definition) is 11. The maximum absolute atomic E-state index is 13.4. The van der Waals surface area contributed by atoms with Crippen LogP contribution in [0.1, 0.15) is 54.6 Å². The number of aromatic amines is 1. The fraction of sp³-hybridized carbons (Fsp3) is 0.481. The average Bonchev–Trinajstić information content (AvgIpc) is 3.50. The van der Waals surface area contributed by atoms with Crippen molar-refractivity contribution in [2.75, 3.05) is 26.0 Å². The molecule has 0 saturated carbocycles. The van der Waals surface area contributed by atoms with Crippen molar-refractivity contribution in [3.8, 4) is 0 Å². The zero-order valence-corrected chi connectivity index (χ0v) is 24.4. The number of H-pyrrole nitrogens is 1. The molecule has 2 saturated heterocycles. The molecule has 4 atom stereocenters. The Morgan fingerprint density at radius 1 is 1.00 bits per heavy atom. The van der Waals surface area contributed by atoms with Crippen molar-refractivity contribution < 1.29 is 42.1 Å². The van der Waals surface area contributed by atoms with Crippen LogP contribution < -0.4 is 11.2 Å². The molecule has 2 aromatic rings. The predicted molar refractivity (Wildman–Crippen MR) is 146 cm³/mol. The molecule has 2 fully saturated rings. The summed E-state index contributed by atoms with van der Waals surface area (Å²) in [6.07, 6.45) is -1.11. The van der Waals surface area contributed by atoms with Gasteiger partial charge >= 0.3 is 13.3 Å². The molecule has 3 aliphatic rings. The highest BCUT2D eigenvalue weighted by atomic mass is 31.2. The molecule has 0 bridgehead atoms. The number of fused-ring (bicyclic) bond motifs is 2. The lowest BCUT2D eigenvalue weighted by molar-refractivity contribution is -0.201. The molecule has 4 heterocycles. The molecule has 14 nitrogen and oxygen atoms in total. The topological polar surface area (TPSA) is 165 Å². The zero-order valence-electron chi connectivity index (χ0n) is 23.5. The van der Waals surface area contributed by atoms with Crippen LogP contribution in [0.25, 0.3) is 0 Å². The van der Waals surface area contributed by atoms with E-state index in [-0.39, 0.29) is 42.9 Å². The predicted octanol–water partition coefficient (Wildman–Crippen LogP) is 2.37. The lowest BCUT2D eigenvalue weighted by Gasteiger charge is -2.25. The number of imide groups is 1. The van der Waals surface area contributed by atoms with Gasteiger partial charge in [0.1, 0.15) is 36.8 Å². The zero-order chi connectivity index (χ0) is 30.2. The van der Waals surface area contributed by atoms with Crippen molar-refractivity contribution in [3.63, 3.8) is 0 Å². The monoisotopic (exact) mass is 605 g/mol. The van der Waals surface area contributed by atoms with Crippen LogP contribution in [0.4, 0.5) is 0 Å². The standard InChI is InChI=1S/C27H32N3O11P/c1-5-37-42(35,38-6-2)15-16(13-30-23(32)17-9-7-8-10-18(17)24(30)33)36-14-19-21-22(41-27(3,4)40-21)25(39-19)29-12-11-20(31)28-26(29)34/h7-13,19,21-22,25H,5-6,14-15H2,1-4H3,(H,28,31,34)/b16-13-. The van der Waals surface area contributed by atoms with E-state index in [0.29, 0.717) is 0 Å². The fourth-order valence-corrected chi connectivity index (χ4v) is 6.74. The van der Waals surface area contributed by atoms with Gasteiger partial charge in [-0.25, -0.2) is 9.69 Å². The lowest BCUT2D eigenvalue weighted by Crippen LogP contribution is -2.37. The van der Waals surface area contributed by atoms with E-state index >= 15 is 0 Å². The van der Waals surface area contributed by atoms with Gasteiger partial charge in [0.05, 0.1) is 30.5 Å². The number of benzene rings is 1. The van der Waals surface area contributed by atoms with Gasteiger partial charge in [0.2, 0.25) is 0 Å². The second-order valence-corrected chi connectivity index (χ2v) is 12.2. The Bertz CT molecular complexity index is 1520. The average molecular weight is 606 g/mol. The Morgan fingerprint density at radius 3 is 2.21 bits per heavy atom. The molecule has 2 amide bonds. The van der Waals surface area contributed by atoms with E-state index in [1.807, 2.05) is 0 Å². The number of carbonyl (C=O) groups excluding carboxylic acids is 2. The molecule has 15 heteroatoms. The van der Waals surface area contributed by atoms with E-state index in [1.54, 1.807) is 52.0 Å². The molecule has 3 aliphatic heterocycles. The summed E-state index contributed by atoms with van der Waals surface area (Å²) in [5.41, 5.74) is -0.802. The van der Waals surface area contributed by atoms with Gasteiger partial charge in [0.15, 0.2) is 12.0 Å². The van der Waals surface area contributed by atoms with E-state index < -0.39 is 61.0 Å². The van der Waals surface area contributed by atoms with Gasteiger partial charge in [0, 0.05) is 12.3 Å². The molecule has 1 N–H and O–H groups in total. The van der Waals surface area contributed by atoms with Gasteiger partial charge in [-0.05, 0) is 39.8 Å². The normalized spacial score (nSPS) is 25.1. The Kier molecular flexibility index (Phi) is 8.39. The summed E-state index contributed by atoms with van der Waals surface area (Å²) >= 11 is 0. The number of nitrogens with one attached hydrogen (secondary N) is 1. The molecule has 0 aliphatic carbocycles. The summed E-state index contributed by atoms with van der Waals surface area (Å²) in [5.74, 6) is -2.18. The molecule has 0 spiro atoms. The number of allylic oxidation sites excluding steroid dienone is 1. The van der Waals surface area contributed by atoms with Gasteiger partial charge in [-0.1, -0.05) is 12.1 Å². The molecular formula is C27H32N3O11P. The van der Waals surface area contributed by atoms with E-state index in [1.165, 1.54) is 23.0 Å². The first-order valence-electron chi connectivity index (χ1n) is 13.5.